The molecule has 90 valence electrons. The molecular formula is C12H13ClFN3. The van der Waals surface area contributed by atoms with Crippen LogP contribution < -0.4 is 5.32 Å². The van der Waals surface area contributed by atoms with Crippen molar-refractivity contribution >= 4 is 11.6 Å². The second kappa shape index (κ2) is 4.85. The van der Waals surface area contributed by atoms with Crippen molar-refractivity contribution in [1.29, 1.82) is 0 Å². The van der Waals surface area contributed by atoms with Gasteiger partial charge in [0.05, 0.1) is 16.4 Å². The van der Waals surface area contributed by atoms with Crippen molar-refractivity contribution in [3.05, 3.63) is 46.5 Å². The molecule has 0 amide bonds. The number of hydrogen-bond donors (Lipinski definition) is 1. The quantitative estimate of drug-likeness (QED) is 0.912. The normalized spacial score (nSPS) is 10.8. The van der Waals surface area contributed by atoms with E-state index in [-0.39, 0.29) is 5.02 Å². The van der Waals surface area contributed by atoms with E-state index < -0.39 is 5.82 Å². The molecule has 3 nitrogen and oxygen atoms in total. The van der Waals surface area contributed by atoms with Crippen molar-refractivity contribution in [3.63, 3.8) is 0 Å². The fourth-order valence-corrected chi connectivity index (χ4v) is 1.79. The van der Waals surface area contributed by atoms with Gasteiger partial charge in [0.15, 0.2) is 0 Å². The van der Waals surface area contributed by atoms with Crippen molar-refractivity contribution in [2.75, 3.05) is 7.05 Å². The zero-order valence-corrected chi connectivity index (χ0v) is 10.4. The maximum absolute atomic E-state index is 13.0. The van der Waals surface area contributed by atoms with E-state index in [0.29, 0.717) is 0 Å². The van der Waals surface area contributed by atoms with Crippen LogP contribution in [0.4, 0.5) is 4.39 Å². The third-order valence-corrected chi connectivity index (χ3v) is 2.83. The van der Waals surface area contributed by atoms with Crippen LogP contribution in [-0.4, -0.2) is 16.8 Å². The minimum Gasteiger partial charge on any atom is -0.316 e. The predicted molar refractivity (Wildman–Crippen MR) is 66.0 cm³/mol. The van der Waals surface area contributed by atoms with Gasteiger partial charge >= 0.3 is 0 Å². The summed E-state index contributed by atoms with van der Waals surface area (Å²) < 4.78 is 14.7. The summed E-state index contributed by atoms with van der Waals surface area (Å²) in [6, 6.07) is 4.55. The summed E-state index contributed by atoms with van der Waals surface area (Å²) in [4.78, 5) is 0. The molecule has 0 spiro atoms. The van der Waals surface area contributed by atoms with E-state index in [2.05, 4.69) is 10.4 Å². The summed E-state index contributed by atoms with van der Waals surface area (Å²) in [7, 11) is 1.88. The number of benzene rings is 1. The van der Waals surface area contributed by atoms with Gasteiger partial charge in [0.1, 0.15) is 5.82 Å². The molecule has 0 aliphatic carbocycles. The number of nitrogens with one attached hydrogen (secondary N) is 1. The SMILES string of the molecule is CNCc1cn(-c2ccc(F)c(Cl)c2)nc1C. The zero-order chi connectivity index (χ0) is 12.4. The van der Waals surface area contributed by atoms with Crippen molar-refractivity contribution in [3.8, 4) is 5.69 Å². The standard InChI is InChI=1S/C12H13ClFN3/c1-8-9(6-15-2)7-17(16-8)10-3-4-12(14)11(13)5-10/h3-5,7,15H,6H2,1-2H3. The Hall–Kier alpha value is -1.39. The van der Waals surface area contributed by atoms with Gasteiger partial charge < -0.3 is 5.32 Å². The second-order valence-corrected chi connectivity index (χ2v) is 4.22. The number of hydrogen-bond acceptors (Lipinski definition) is 2. The first-order chi connectivity index (χ1) is 8.11. The van der Waals surface area contributed by atoms with E-state index in [1.54, 1.807) is 16.8 Å². The molecule has 0 bridgehead atoms. The molecule has 0 saturated carbocycles. The van der Waals surface area contributed by atoms with Gasteiger partial charge in [-0.1, -0.05) is 11.6 Å². The molecule has 2 aromatic rings. The largest absolute Gasteiger partial charge is 0.316 e. The minimum atomic E-state index is -0.422. The Morgan fingerprint density at radius 3 is 2.88 bits per heavy atom. The molecule has 1 aromatic heterocycles. The number of aromatic nitrogens is 2. The van der Waals surface area contributed by atoms with Crippen LogP contribution in [0.25, 0.3) is 5.69 Å². The topological polar surface area (TPSA) is 29.9 Å². The average molecular weight is 254 g/mol. The highest BCUT2D eigenvalue weighted by Crippen LogP contribution is 2.19. The number of rotatable bonds is 3. The van der Waals surface area contributed by atoms with Crippen LogP contribution in [0.3, 0.4) is 0 Å². The molecule has 17 heavy (non-hydrogen) atoms. The van der Waals surface area contributed by atoms with Gasteiger partial charge in [-0.3, -0.25) is 0 Å². The summed E-state index contributed by atoms with van der Waals surface area (Å²) >= 11 is 5.74. The maximum atomic E-state index is 13.0. The van der Waals surface area contributed by atoms with Gasteiger partial charge in [-0.05, 0) is 32.2 Å². The van der Waals surface area contributed by atoms with Gasteiger partial charge in [0, 0.05) is 18.3 Å². The Labute approximate surface area is 104 Å². The van der Waals surface area contributed by atoms with E-state index in [0.717, 1.165) is 23.5 Å². The van der Waals surface area contributed by atoms with Crippen LogP contribution in [0.2, 0.25) is 5.02 Å². The van der Waals surface area contributed by atoms with Gasteiger partial charge in [0.25, 0.3) is 0 Å². The van der Waals surface area contributed by atoms with Crippen LogP contribution in [0.5, 0.6) is 0 Å². The Balaban J connectivity index is 2.39. The van der Waals surface area contributed by atoms with E-state index in [9.17, 15) is 4.39 Å². The Bertz CT molecular complexity index is 537. The van der Waals surface area contributed by atoms with Crippen LogP contribution in [-0.2, 0) is 6.54 Å². The Kier molecular flexibility index (Phi) is 3.45. The van der Waals surface area contributed by atoms with E-state index in [4.69, 9.17) is 11.6 Å². The lowest BCUT2D eigenvalue weighted by Crippen LogP contribution is -2.05. The molecule has 1 aromatic carbocycles. The van der Waals surface area contributed by atoms with Crippen molar-refractivity contribution in [1.82, 2.24) is 15.1 Å². The highest BCUT2D eigenvalue weighted by Gasteiger charge is 2.07. The van der Waals surface area contributed by atoms with Gasteiger partial charge in [0.2, 0.25) is 0 Å². The molecule has 0 radical (unpaired) electrons. The molecule has 2 rings (SSSR count). The molecule has 1 N–H and O–H groups in total. The first-order valence-electron chi connectivity index (χ1n) is 5.27. The summed E-state index contributed by atoms with van der Waals surface area (Å²) in [6.45, 7) is 2.69. The average Bonchev–Trinajstić information content (AvgIpc) is 2.65. The van der Waals surface area contributed by atoms with E-state index in [1.807, 2.05) is 20.2 Å². The zero-order valence-electron chi connectivity index (χ0n) is 9.67. The van der Waals surface area contributed by atoms with Gasteiger partial charge in [-0.25, -0.2) is 9.07 Å². The van der Waals surface area contributed by atoms with Crippen LogP contribution in [0.15, 0.2) is 24.4 Å². The smallest absolute Gasteiger partial charge is 0.141 e. The third-order valence-electron chi connectivity index (χ3n) is 2.54. The van der Waals surface area contributed by atoms with Crippen molar-refractivity contribution in [2.45, 2.75) is 13.5 Å². The molecule has 0 saturated heterocycles. The summed E-state index contributed by atoms with van der Waals surface area (Å²) in [5.74, 6) is -0.422. The second-order valence-electron chi connectivity index (χ2n) is 3.81. The van der Waals surface area contributed by atoms with Gasteiger partial charge in [-0.2, -0.15) is 5.10 Å². The fourth-order valence-electron chi connectivity index (χ4n) is 1.62. The summed E-state index contributed by atoms with van der Waals surface area (Å²) in [5, 5.41) is 7.54. The van der Waals surface area contributed by atoms with Crippen molar-refractivity contribution in [2.24, 2.45) is 0 Å². The predicted octanol–water partition coefficient (Wildman–Crippen LogP) is 2.69. The lowest BCUT2D eigenvalue weighted by Gasteiger charge is -2.02. The lowest BCUT2D eigenvalue weighted by atomic mass is 10.2. The van der Waals surface area contributed by atoms with Crippen LogP contribution in [0, 0.1) is 12.7 Å². The molecule has 0 aliphatic rings. The Morgan fingerprint density at radius 2 is 2.24 bits per heavy atom. The first-order valence-corrected chi connectivity index (χ1v) is 5.65. The number of nitrogens with zero attached hydrogens (tertiary/aromatic N) is 2. The third kappa shape index (κ3) is 2.48. The molecule has 0 unspecified atom stereocenters. The highest BCUT2D eigenvalue weighted by molar-refractivity contribution is 6.30. The molecule has 1 heterocycles. The first kappa shape index (κ1) is 12.1. The Morgan fingerprint density at radius 1 is 1.47 bits per heavy atom. The van der Waals surface area contributed by atoms with Crippen LogP contribution in [0.1, 0.15) is 11.3 Å². The lowest BCUT2D eigenvalue weighted by molar-refractivity contribution is 0.627. The number of halogens is 2. The minimum absolute atomic E-state index is 0.103. The molecular weight excluding hydrogens is 241 g/mol. The van der Waals surface area contributed by atoms with Gasteiger partial charge in [-0.15, -0.1) is 0 Å². The van der Waals surface area contributed by atoms with Crippen molar-refractivity contribution < 1.29 is 4.39 Å². The molecule has 0 aliphatic heterocycles. The fraction of sp³-hybridized carbons (Fsp3) is 0.250. The van der Waals surface area contributed by atoms with Crippen LogP contribution >= 0.6 is 11.6 Å². The van der Waals surface area contributed by atoms with E-state index >= 15 is 0 Å². The monoisotopic (exact) mass is 253 g/mol. The molecule has 0 atom stereocenters. The molecule has 0 fully saturated rings. The summed E-state index contributed by atoms with van der Waals surface area (Å²) in [6.07, 6.45) is 1.91. The highest BCUT2D eigenvalue weighted by atomic mass is 35.5. The van der Waals surface area contributed by atoms with E-state index in [1.165, 1.54) is 6.07 Å². The maximum Gasteiger partial charge on any atom is 0.141 e. The number of aryl methyl sites for hydroxylation is 1. The summed E-state index contributed by atoms with van der Waals surface area (Å²) in [5.41, 5.74) is 2.80. The molecule has 5 heteroatoms.